The van der Waals surface area contributed by atoms with Crippen molar-refractivity contribution in [2.24, 2.45) is 4.99 Å². The van der Waals surface area contributed by atoms with Gasteiger partial charge in [0.2, 0.25) is 5.90 Å². The van der Waals surface area contributed by atoms with E-state index in [1.54, 1.807) is 13.0 Å². The van der Waals surface area contributed by atoms with Gasteiger partial charge in [-0.15, -0.1) is 0 Å². The predicted molar refractivity (Wildman–Crippen MR) is 135 cm³/mol. The summed E-state index contributed by atoms with van der Waals surface area (Å²) in [7, 11) is 0. The summed E-state index contributed by atoms with van der Waals surface area (Å²) < 4.78 is 50.4. The highest BCUT2D eigenvalue weighted by Gasteiger charge is 2.32. The van der Waals surface area contributed by atoms with Gasteiger partial charge in [0.1, 0.15) is 41.8 Å². The van der Waals surface area contributed by atoms with Gasteiger partial charge in [0.25, 0.3) is 0 Å². The van der Waals surface area contributed by atoms with E-state index in [1.165, 1.54) is 24.3 Å². The number of allylic oxidation sites excluding steroid dienone is 2. The number of nitrogens with zero attached hydrogens (tertiary/aromatic N) is 1. The van der Waals surface area contributed by atoms with Crippen molar-refractivity contribution >= 4 is 5.90 Å². The average Bonchev–Trinajstić information content (AvgIpc) is 3.21. The standard InChI is InChI=1S/C25H23F2NO2.C4H7F/c1-4-29-19-11-8-17(9-12-19)18-10-13-20(15(2)14-18)24-16(3)30-25(28-24)23-21(26)6-5-7-22(23)27;1-2-3-4-5/h5-14,16,24H,4H2,1-3H3;2-3H,4H2,1H3/b;3-2-/t16?,24-;/m1./s1. The number of ether oxygens (including phenoxy) is 2. The minimum absolute atomic E-state index is 0.0121. The molecule has 0 amide bonds. The Kier molecular flexibility index (Phi) is 9.12. The molecule has 0 spiro atoms. The van der Waals surface area contributed by atoms with E-state index in [-0.39, 0.29) is 30.3 Å². The van der Waals surface area contributed by atoms with E-state index in [9.17, 15) is 13.2 Å². The summed E-state index contributed by atoms with van der Waals surface area (Å²) in [5.41, 5.74) is 3.97. The third-order valence-corrected chi connectivity index (χ3v) is 5.59. The lowest BCUT2D eigenvalue weighted by Crippen LogP contribution is -2.14. The van der Waals surface area contributed by atoms with Crippen molar-refractivity contribution in [3.8, 4) is 16.9 Å². The molecule has 0 aromatic heterocycles. The van der Waals surface area contributed by atoms with Gasteiger partial charge in [0.05, 0.1) is 6.61 Å². The molecule has 3 nitrogen and oxygen atoms in total. The summed E-state index contributed by atoms with van der Waals surface area (Å²) in [6, 6.07) is 17.5. The van der Waals surface area contributed by atoms with E-state index in [2.05, 4.69) is 11.1 Å². The van der Waals surface area contributed by atoms with Crippen LogP contribution in [0.1, 0.15) is 43.5 Å². The molecular weight excluding hydrogens is 451 g/mol. The lowest BCUT2D eigenvalue weighted by Gasteiger charge is -2.16. The van der Waals surface area contributed by atoms with Gasteiger partial charge in [0, 0.05) is 0 Å². The van der Waals surface area contributed by atoms with Crippen molar-refractivity contribution in [3.63, 3.8) is 0 Å². The summed E-state index contributed by atoms with van der Waals surface area (Å²) in [5.74, 6) is -0.500. The van der Waals surface area contributed by atoms with Crippen molar-refractivity contribution < 1.29 is 22.6 Å². The molecule has 3 aromatic rings. The SMILES string of the molecule is C/C=C\CF.CCOc1ccc(-c2ccc([C@@H]3N=C(c4c(F)cccc4F)OC3C)c(C)c2)cc1. The lowest BCUT2D eigenvalue weighted by atomic mass is 9.94. The molecule has 0 fully saturated rings. The smallest absolute Gasteiger partial charge is 0.223 e. The van der Waals surface area contributed by atoms with Gasteiger partial charge in [-0.3, -0.25) is 0 Å². The van der Waals surface area contributed by atoms with Crippen LogP contribution < -0.4 is 4.74 Å². The minimum atomic E-state index is -0.677. The quantitative estimate of drug-likeness (QED) is 0.337. The Morgan fingerprint density at radius 3 is 2.20 bits per heavy atom. The first-order valence-corrected chi connectivity index (χ1v) is 11.6. The zero-order valence-electron chi connectivity index (χ0n) is 20.4. The Labute approximate surface area is 204 Å². The molecule has 1 heterocycles. The number of alkyl halides is 1. The molecule has 0 saturated carbocycles. The van der Waals surface area contributed by atoms with Crippen LogP contribution in [-0.2, 0) is 4.74 Å². The molecule has 6 heteroatoms. The maximum atomic E-state index is 14.1. The monoisotopic (exact) mass is 481 g/mol. The van der Waals surface area contributed by atoms with E-state index < -0.39 is 11.6 Å². The van der Waals surface area contributed by atoms with Crippen LogP contribution >= 0.6 is 0 Å². The van der Waals surface area contributed by atoms with Crippen molar-refractivity contribution in [3.05, 3.63) is 101 Å². The van der Waals surface area contributed by atoms with Gasteiger partial charge in [-0.2, -0.15) is 0 Å². The highest BCUT2D eigenvalue weighted by Crippen LogP contribution is 2.35. The van der Waals surface area contributed by atoms with Crippen LogP contribution in [0, 0.1) is 18.6 Å². The first kappa shape index (κ1) is 26.1. The van der Waals surface area contributed by atoms with Gasteiger partial charge in [-0.25, -0.2) is 18.2 Å². The van der Waals surface area contributed by atoms with Crippen LogP contribution in [0.5, 0.6) is 5.75 Å². The van der Waals surface area contributed by atoms with E-state index in [1.807, 2.05) is 57.2 Å². The lowest BCUT2D eigenvalue weighted by molar-refractivity contribution is 0.212. The Hall–Kier alpha value is -3.54. The number of hydrogen-bond donors (Lipinski definition) is 0. The molecule has 1 aliphatic heterocycles. The van der Waals surface area contributed by atoms with E-state index in [0.29, 0.717) is 6.61 Å². The number of benzene rings is 3. The van der Waals surface area contributed by atoms with E-state index in [0.717, 1.165) is 28.0 Å². The summed E-state index contributed by atoms with van der Waals surface area (Å²) in [5, 5.41) is 0. The minimum Gasteiger partial charge on any atom is -0.494 e. The second-order valence-corrected chi connectivity index (χ2v) is 8.05. The molecule has 0 N–H and O–H groups in total. The molecule has 2 atom stereocenters. The topological polar surface area (TPSA) is 30.8 Å². The molecule has 4 rings (SSSR count). The van der Waals surface area contributed by atoms with Crippen LogP contribution in [0.3, 0.4) is 0 Å². The third-order valence-electron chi connectivity index (χ3n) is 5.59. The zero-order chi connectivity index (χ0) is 25.4. The third kappa shape index (κ3) is 6.32. The highest BCUT2D eigenvalue weighted by molar-refractivity contribution is 5.96. The molecule has 0 bridgehead atoms. The average molecular weight is 482 g/mol. The fourth-order valence-electron chi connectivity index (χ4n) is 3.84. The molecule has 0 aliphatic carbocycles. The number of hydrogen-bond acceptors (Lipinski definition) is 3. The number of halogens is 3. The van der Waals surface area contributed by atoms with Crippen LogP contribution in [0.15, 0.2) is 77.8 Å². The second kappa shape index (κ2) is 12.2. The molecule has 1 aliphatic rings. The summed E-state index contributed by atoms with van der Waals surface area (Å²) in [4.78, 5) is 4.52. The van der Waals surface area contributed by atoms with Crippen molar-refractivity contribution in [1.29, 1.82) is 0 Å². The maximum Gasteiger partial charge on any atom is 0.223 e. The Bertz CT molecular complexity index is 1170. The first-order valence-electron chi connectivity index (χ1n) is 11.6. The fourth-order valence-corrected chi connectivity index (χ4v) is 3.84. The second-order valence-electron chi connectivity index (χ2n) is 8.05. The zero-order valence-corrected chi connectivity index (χ0v) is 20.4. The summed E-state index contributed by atoms with van der Waals surface area (Å²) >= 11 is 0. The largest absolute Gasteiger partial charge is 0.494 e. The molecule has 35 heavy (non-hydrogen) atoms. The van der Waals surface area contributed by atoms with E-state index >= 15 is 0 Å². The van der Waals surface area contributed by atoms with Gasteiger partial charge in [0.15, 0.2) is 0 Å². The van der Waals surface area contributed by atoms with Crippen molar-refractivity contribution in [1.82, 2.24) is 0 Å². The van der Waals surface area contributed by atoms with Gasteiger partial charge in [-0.05, 0) is 74.2 Å². The Morgan fingerprint density at radius 2 is 1.66 bits per heavy atom. The molecule has 0 radical (unpaired) electrons. The normalized spacial score (nSPS) is 16.9. The van der Waals surface area contributed by atoms with Crippen LogP contribution in [0.25, 0.3) is 11.1 Å². The Balaban J connectivity index is 0.000000623. The van der Waals surface area contributed by atoms with Gasteiger partial charge >= 0.3 is 0 Å². The molecule has 1 unspecified atom stereocenters. The predicted octanol–water partition coefficient (Wildman–Crippen LogP) is 7.78. The molecule has 3 aromatic carbocycles. The highest BCUT2D eigenvalue weighted by atomic mass is 19.1. The number of rotatable bonds is 6. The number of aliphatic imine (C=N–C) groups is 1. The fraction of sp³-hybridized carbons (Fsp3) is 0.276. The number of aryl methyl sites for hydroxylation is 1. The molecule has 184 valence electrons. The van der Waals surface area contributed by atoms with Crippen LogP contribution in [-0.4, -0.2) is 25.3 Å². The summed E-state index contributed by atoms with van der Waals surface area (Å²) in [6.45, 7) is 7.92. The molecular formula is C29H30F3NO2. The van der Waals surface area contributed by atoms with Crippen molar-refractivity contribution in [2.75, 3.05) is 13.3 Å². The van der Waals surface area contributed by atoms with Crippen LogP contribution in [0.4, 0.5) is 13.2 Å². The Morgan fingerprint density at radius 1 is 1.00 bits per heavy atom. The van der Waals surface area contributed by atoms with Crippen LogP contribution in [0.2, 0.25) is 0 Å². The van der Waals surface area contributed by atoms with E-state index in [4.69, 9.17) is 9.47 Å². The van der Waals surface area contributed by atoms with Gasteiger partial charge in [-0.1, -0.05) is 48.6 Å². The molecule has 0 saturated heterocycles. The summed E-state index contributed by atoms with van der Waals surface area (Å²) in [6.07, 6.45) is 2.81. The van der Waals surface area contributed by atoms with Gasteiger partial charge < -0.3 is 9.47 Å². The first-order chi connectivity index (χ1) is 16.9. The van der Waals surface area contributed by atoms with Crippen molar-refractivity contribution in [2.45, 2.75) is 39.8 Å². The maximum absolute atomic E-state index is 14.1.